The lowest BCUT2D eigenvalue weighted by Crippen LogP contribution is -2.12. The Bertz CT molecular complexity index is 805. The number of nitrogen functional groups attached to an aromatic ring is 1. The Kier molecular flexibility index (Phi) is 4.96. The number of benzene rings is 1. The fraction of sp³-hybridized carbons (Fsp3) is 0.294. The van der Waals surface area contributed by atoms with Crippen LogP contribution in [0.15, 0.2) is 12.1 Å². The Labute approximate surface area is 162 Å². The van der Waals surface area contributed by atoms with Gasteiger partial charge in [-0.25, -0.2) is 4.98 Å². The van der Waals surface area contributed by atoms with E-state index < -0.39 is 0 Å². The molecule has 0 bridgehead atoms. The third kappa shape index (κ3) is 3.01. The largest absolute Gasteiger partial charge is 0.495 e. The van der Waals surface area contributed by atoms with Crippen molar-refractivity contribution in [3.8, 4) is 22.9 Å². The molecule has 6 heteroatoms. The fourth-order valence-electron chi connectivity index (χ4n) is 3.09. The number of nitrogens with zero attached hydrogens (tertiary/aromatic N) is 2. The summed E-state index contributed by atoms with van der Waals surface area (Å²) in [5.74, 6) is 1.20. The number of halogens is 2. The number of anilines is 1. The number of aromatic nitrogens is 1. The minimum atomic E-state index is 0.337. The van der Waals surface area contributed by atoms with E-state index in [-0.39, 0.29) is 0 Å². The predicted octanol–water partition coefficient (Wildman–Crippen LogP) is 4.30. The summed E-state index contributed by atoms with van der Waals surface area (Å²) in [6, 6.07) is 6.38. The number of nitrogens with two attached hydrogens (primary N) is 1. The second-order valence-electron chi connectivity index (χ2n) is 5.46. The Balaban J connectivity index is 2.31. The summed E-state index contributed by atoms with van der Waals surface area (Å²) in [6.07, 6.45) is 4.14. The lowest BCUT2D eigenvalue weighted by Gasteiger charge is -2.21. The molecule has 0 atom stereocenters. The van der Waals surface area contributed by atoms with E-state index in [0.29, 0.717) is 11.4 Å². The molecule has 0 radical (unpaired) electrons. The van der Waals surface area contributed by atoms with Gasteiger partial charge in [0.05, 0.1) is 14.3 Å². The van der Waals surface area contributed by atoms with Crippen molar-refractivity contribution in [2.45, 2.75) is 25.7 Å². The first-order chi connectivity index (χ1) is 11.1. The van der Waals surface area contributed by atoms with Gasteiger partial charge in [0.25, 0.3) is 0 Å². The van der Waals surface area contributed by atoms with Gasteiger partial charge in [-0.15, -0.1) is 0 Å². The van der Waals surface area contributed by atoms with Gasteiger partial charge < -0.3 is 10.5 Å². The first-order valence-corrected chi connectivity index (χ1v) is 9.47. The zero-order valence-electron chi connectivity index (χ0n) is 12.6. The summed E-state index contributed by atoms with van der Waals surface area (Å²) in [5, 5.41) is 9.60. The maximum atomic E-state index is 9.60. The lowest BCUT2D eigenvalue weighted by atomic mass is 9.86. The first-order valence-electron chi connectivity index (χ1n) is 7.31. The van der Waals surface area contributed by atoms with Crippen molar-refractivity contribution < 1.29 is 4.74 Å². The van der Waals surface area contributed by atoms with Crippen LogP contribution < -0.4 is 10.5 Å². The van der Waals surface area contributed by atoms with E-state index in [1.54, 1.807) is 7.11 Å². The summed E-state index contributed by atoms with van der Waals surface area (Å²) in [6.45, 7) is 0. The van der Waals surface area contributed by atoms with E-state index in [2.05, 4.69) is 68.4 Å². The molecule has 118 valence electrons. The minimum Gasteiger partial charge on any atom is -0.495 e. The van der Waals surface area contributed by atoms with Gasteiger partial charge in [-0.1, -0.05) is 0 Å². The van der Waals surface area contributed by atoms with Gasteiger partial charge in [-0.3, -0.25) is 0 Å². The summed E-state index contributed by atoms with van der Waals surface area (Å²) in [7, 11) is 1.67. The van der Waals surface area contributed by atoms with Crippen LogP contribution in [0.3, 0.4) is 0 Å². The van der Waals surface area contributed by atoms with Crippen molar-refractivity contribution in [1.82, 2.24) is 4.98 Å². The van der Waals surface area contributed by atoms with Crippen LogP contribution in [0.5, 0.6) is 5.75 Å². The SMILES string of the molecule is COc1c(I)cc(-c2c(C#N)c(N)nc3c2CCCC3)cc1I. The number of hydrogen-bond donors (Lipinski definition) is 1. The first kappa shape index (κ1) is 16.8. The fourth-order valence-corrected chi connectivity index (χ4v) is 5.30. The number of rotatable bonds is 2. The van der Waals surface area contributed by atoms with Gasteiger partial charge in [0.15, 0.2) is 0 Å². The summed E-state index contributed by atoms with van der Waals surface area (Å²) < 4.78 is 7.49. The minimum absolute atomic E-state index is 0.337. The number of nitriles is 1. The molecule has 0 amide bonds. The van der Waals surface area contributed by atoms with Crippen LogP contribution in [0.1, 0.15) is 29.7 Å². The van der Waals surface area contributed by atoms with E-state index in [9.17, 15) is 5.26 Å². The standard InChI is InChI=1S/C17H15I2N3O/c1-23-16-12(18)6-9(7-13(16)19)15-10-4-2-3-5-14(10)22-17(21)11(15)8-20/h6-7H,2-5H2,1H3,(H2,21,22). The van der Waals surface area contributed by atoms with Gasteiger partial charge in [0.1, 0.15) is 23.2 Å². The normalized spacial score (nSPS) is 13.3. The number of hydrogen-bond acceptors (Lipinski definition) is 4. The molecule has 0 unspecified atom stereocenters. The summed E-state index contributed by atoms with van der Waals surface area (Å²) in [4.78, 5) is 4.48. The average molecular weight is 531 g/mol. The quantitative estimate of drug-likeness (QED) is 0.588. The maximum absolute atomic E-state index is 9.60. The Morgan fingerprint density at radius 1 is 1.22 bits per heavy atom. The molecular formula is C17H15I2N3O. The van der Waals surface area contributed by atoms with Crippen LogP contribution in [0.25, 0.3) is 11.1 Å². The van der Waals surface area contributed by atoms with E-state index in [1.807, 2.05) is 0 Å². The number of fused-ring (bicyclic) bond motifs is 1. The second-order valence-corrected chi connectivity index (χ2v) is 7.79. The Morgan fingerprint density at radius 2 is 1.87 bits per heavy atom. The third-order valence-electron chi connectivity index (χ3n) is 4.10. The Morgan fingerprint density at radius 3 is 2.48 bits per heavy atom. The summed E-state index contributed by atoms with van der Waals surface area (Å²) in [5.41, 5.74) is 10.7. The van der Waals surface area contributed by atoms with Crippen molar-refractivity contribution in [3.05, 3.63) is 36.1 Å². The van der Waals surface area contributed by atoms with Crippen LogP contribution in [0.4, 0.5) is 5.82 Å². The highest BCUT2D eigenvalue weighted by Gasteiger charge is 2.23. The van der Waals surface area contributed by atoms with Gasteiger partial charge in [0, 0.05) is 11.3 Å². The van der Waals surface area contributed by atoms with Crippen molar-refractivity contribution in [2.75, 3.05) is 12.8 Å². The highest BCUT2D eigenvalue weighted by atomic mass is 127. The van der Waals surface area contributed by atoms with Crippen LogP contribution in [0.2, 0.25) is 0 Å². The molecule has 0 aliphatic heterocycles. The van der Waals surface area contributed by atoms with Crippen LogP contribution >= 0.6 is 45.2 Å². The highest BCUT2D eigenvalue weighted by Crippen LogP contribution is 2.39. The van der Waals surface area contributed by atoms with Gasteiger partial charge in [0.2, 0.25) is 0 Å². The van der Waals surface area contributed by atoms with E-state index >= 15 is 0 Å². The number of ether oxygens (including phenoxy) is 1. The molecule has 23 heavy (non-hydrogen) atoms. The Hall–Kier alpha value is -1.08. The number of pyridine rings is 1. The van der Waals surface area contributed by atoms with Crippen LogP contribution in [-0.4, -0.2) is 12.1 Å². The topological polar surface area (TPSA) is 71.9 Å². The molecule has 4 nitrogen and oxygen atoms in total. The van der Waals surface area contributed by atoms with Crippen LogP contribution in [-0.2, 0) is 12.8 Å². The number of aryl methyl sites for hydroxylation is 1. The van der Waals surface area contributed by atoms with E-state index in [4.69, 9.17) is 10.5 Å². The smallest absolute Gasteiger partial charge is 0.145 e. The molecule has 1 aromatic carbocycles. The molecule has 2 aromatic rings. The molecule has 0 spiro atoms. The zero-order chi connectivity index (χ0) is 16.6. The second kappa shape index (κ2) is 6.81. The monoisotopic (exact) mass is 531 g/mol. The summed E-state index contributed by atoms with van der Waals surface area (Å²) >= 11 is 4.53. The highest BCUT2D eigenvalue weighted by molar-refractivity contribution is 14.1. The van der Waals surface area contributed by atoms with Crippen molar-refractivity contribution >= 4 is 51.0 Å². The van der Waals surface area contributed by atoms with Crippen molar-refractivity contribution in [2.24, 2.45) is 0 Å². The van der Waals surface area contributed by atoms with Gasteiger partial charge in [-0.05, 0) is 94.1 Å². The number of methoxy groups -OCH3 is 1. The molecular weight excluding hydrogens is 516 g/mol. The molecule has 1 aromatic heterocycles. The predicted molar refractivity (Wildman–Crippen MR) is 107 cm³/mol. The third-order valence-corrected chi connectivity index (χ3v) is 5.71. The molecule has 0 fully saturated rings. The molecule has 1 aliphatic carbocycles. The van der Waals surface area contributed by atoms with Gasteiger partial charge in [-0.2, -0.15) is 5.26 Å². The lowest BCUT2D eigenvalue weighted by molar-refractivity contribution is 0.409. The average Bonchev–Trinajstić information content (AvgIpc) is 2.53. The maximum Gasteiger partial charge on any atom is 0.145 e. The molecule has 1 aliphatic rings. The zero-order valence-corrected chi connectivity index (χ0v) is 16.9. The molecule has 1 heterocycles. The van der Waals surface area contributed by atoms with Crippen molar-refractivity contribution in [3.63, 3.8) is 0 Å². The molecule has 3 rings (SSSR count). The van der Waals surface area contributed by atoms with Gasteiger partial charge >= 0.3 is 0 Å². The molecule has 0 saturated carbocycles. The molecule has 2 N–H and O–H groups in total. The van der Waals surface area contributed by atoms with E-state index in [0.717, 1.165) is 55.4 Å². The molecule has 0 saturated heterocycles. The van der Waals surface area contributed by atoms with E-state index in [1.165, 1.54) is 5.56 Å². The van der Waals surface area contributed by atoms with Crippen LogP contribution in [0, 0.1) is 18.5 Å². The van der Waals surface area contributed by atoms with Crippen molar-refractivity contribution in [1.29, 1.82) is 5.26 Å².